The van der Waals surface area contributed by atoms with Crippen LogP contribution in [-0.2, 0) is 6.54 Å². The van der Waals surface area contributed by atoms with Gasteiger partial charge in [0, 0.05) is 56.5 Å². The van der Waals surface area contributed by atoms with Gasteiger partial charge in [-0.05, 0) is 42.7 Å². The fourth-order valence-electron chi connectivity index (χ4n) is 3.64. The summed E-state index contributed by atoms with van der Waals surface area (Å²) < 4.78 is 2.15. The molecule has 0 N–H and O–H groups in total. The number of imidazole rings is 1. The first-order valence-corrected chi connectivity index (χ1v) is 9.30. The minimum absolute atomic E-state index is 0.0473. The van der Waals surface area contributed by atoms with Crippen LogP contribution in [0, 0.1) is 11.3 Å². The van der Waals surface area contributed by atoms with Gasteiger partial charge in [-0.3, -0.25) is 9.78 Å². The number of carbonyl (C=O) groups excluding carboxylic acids is 1. The van der Waals surface area contributed by atoms with Gasteiger partial charge in [0.2, 0.25) is 0 Å². The van der Waals surface area contributed by atoms with Crippen molar-refractivity contribution in [3.63, 3.8) is 0 Å². The molecule has 0 unspecified atom stereocenters. The lowest BCUT2D eigenvalue weighted by Crippen LogP contribution is -2.39. The number of hydrogen-bond donors (Lipinski definition) is 0. The van der Waals surface area contributed by atoms with E-state index in [-0.39, 0.29) is 11.8 Å². The van der Waals surface area contributed by atoms with E-state index in [1.807, 2.05) is 35.5 Å². The predicted molar refractivity (Wildman–Crippen MR) is 102 cm³/mol. The Morgan fingerprint density at radius 1 is 1.18 bits per heavy atom. The number of likely N-dealkylation sites (tertiary alicyclic amines) is 1. The zero-order chi connectivity index (χ0) is 19.3. The first kappa shape index (κ1) is 17.9. The number of amides is 1. The standard InChI is InChI=1S/C21H20N6O/c22-12-19-4-3-17(13-25-19)21(28)27-10-1-2-18(15-27)20-24-9-11-26(20)14-16-5-7-23-8-6-16/h3-9,11,13,18H,1-2,10,14-15H2/t18-/m0/s1. The van der Waals surface area contributed by atoms with Crippen LogP contribution >= 0.6 is 0 Å². The minimum Gasteiger partial charge on any atom is -0.338 e. The van der Waals surface area contributed by atoms with Crippen molar-refractivity contribution in [3.8, 4) is 6.07 Å². The quantitative estimate of drug-likeness (QED) is 0.702. The molecule has 4 rings (SSSR count). The molecule has 7 nitrogen and oxygen atoms in total. The summed E-state index contributed by atoms with van der Waals surface area (Å²) in [5.74, 6) is 1.15. The lowest BCUT2D eigenvalue weighted by molar-refractivity contribution is 0.0703. The number of nitrogens with zero attached hydrogens (tertiary/aromatic N) is 6. The number of rotatable bonds is 4. The van der Waals surface area contributed by atoms with Gasteiger partial charge in [0.05, 0.1) is 5.56 Å². The average Bonchev–Trinajstić information content (AvgIpc) is 3.22. The fraction of sp³-hybridized carbons (Fsp3) is 0.286. The molecule has 1 atom stereocenters. The smallest absolute Gasteiger partial charge is 0.255 e. The molecule has 3 aromatic rings. The summed E-state index contributed by atoms with van der Waals surface area (Å²) in [6.45, 7) is 2.09. The van der Waals surface area contributed by atoms with Gasteiger partial charge in [-0.25, -0.2) is 9.97 Å². The number of nitriles is 1. The van der Waals surface area contributed by atoms with Crippen molar-refractivity contribution in [2.24, 2.45) is 0 Å². The van der Waals surface area contributed by atoms with E-state index in [0.717, 1.165) is 31.8 Å². The molecule has 0 spiro atoms. The Kier molecular flexibility index (Phi) is 5.11. The van der Waals surface area contributed by atoms with Crippen molar-refractivity contribution < 1.29 is 4.79 Å². The third-order valence-corrected chi connectivity index (χ3v) is 5.05. The molecular formula is C21H20N6O. The SMILES string of the molecule is N#Cc1ccc(C(=O)N2CCC[C@H](c3nccn3Cc3ccncc3)C2)cn1. The van der Waals surface area contributed by atoms with Crippen LogP contribution in [0.2, 0.25) is 0 Å². The van der Waals surface area contributed by atoms with E-state index < -0.39 is 0 Å². The second-order valence-corrected chi connectivity index (χ2v) is 6.90. The van der Waals surface area contributed by atoms with Crippen molar-refractivity contribution >= 4 is 5.91 Å². The van der Waals surface area contributed by atoms with Gasteiger partial charge in [-0.15, -0.1) is 0 Å². The molecule has 1 aliphatic heterocycles. The zero-order valence-corrected chi connectivity index (χ0v) is 15.4. The van der Waals surface area contributed by atoms with Gasteiger partial charge in [0.15, 0.2) is 0 Å². The topological polar surface area (TPSA) is 87.7 Å². The van der Waals surface area contributed by atoms with E-state index in [1.54, 1.807) is 24.5 Å². The second kappa shape index (κ2) is 8.01. The second-order valence-electron chi connectivity index (χ2n) is 6.90. The van der Waals surface area contributed by atoms with Gasteiger partial charge < -0.3 is 9.47 Å². The van der Waals surface area contributed by atoms with Crippen molar-refractivity contribution in [1.82, 2.24) is 24.4 Å². The molecule has 7 heteroatoms. The highest BCUT2D eigenvalue weighted by molar-refractivity contribution is 5.94. The predicted octanol–water partition coefficient (Wildman–Crippen LogP) is 2.61. The lowest BCUT2D eigenvalue weighted by atomic mass is 9.96. The highest BCUT2D eigenvalue weighted by Gasteiger charge is 2.28. The molecule has 0 saturated carbocycles. The fourth-order valence-corrected chi connectivity index (χ4v) is 3.64. The molecule has 1 fully saturated rings. The summed E-state index contributed by atoms with van der Waals surface area (Å²) in [4.78, 5) is 27.4. The van der Waals surface area contributed by atoms with Crippen LogP contribution in [0.5, 0.6) is 0 Å². The summed E-state index contributed by atoms with van der Waals surface area (Å²) in [6.07, 6.45) is 10.8. The molecule has 1 saturated heterocycles. The minimum atomic E-state index is -0.0473. The van der Waals surface area contributed by atoms with Crippen LogP contribution < -0.4 is 0 Å². The number of pyridine rings is 2. The van der Waals surface area contributed by atoms with Gasteiger partial charge in [0.1, 0.15) is 17.6 Å². The van der Waals surface area contributed by atoms with E-state index in [1.165, 1.54) is 11.8 Å². The molecule has 1 amide bonds. The van der Waals surface area contributed by atoms with E-state index >= 15 is 0 Å². The first-order valence-electron chi connectivity index (χ1n) is 9.30. The number of hydrogen-bond acceptors (Lipinski definition) is 5. The van der Waals surface area contributed by atoms with Crippen molar-refractivity contribution in [1.29, 1.82) is 5.26 Å². The normalized spacial score (nSPS) is 16.5. The Morgan fingerprint density at radius 3 is 2.79 bits per heavy atom. The van der Waals surface area contributed by atoms with Crippen molar-refractivity contribution in [2.75, 3.05) is 13.1 Å². The molecule has 140 valence electrons. The van der Waals surface area contributed by atoms with Gasteiger partial charge >= 0.3 is 0 Å². The van der Waals surface area contributed by atoms with Crippen LogP contribution in [0.15, 0.2) is 55.2 Å². The summed E-state index contributed by atoms with van der Waals surface area (Å²) >= 11 is 0. The van der Waals surface area contributed by atoms with Crippen molar-refractivity contribution in [3.05, 3.63) is 77.9 Å². The molecule has 4 heterocycles. The highest BCUT2D eigenvalue weighted by Crippen LogP contribution is 2.27. The monoisotopic (exact) mass is 372 g/mol. The Morgan fingerprint density at radius 2 is 2.04 bits per heavy atom. The maximum Gasteiger partial charge on any atom is 0.255 e. The van der Waals surface area contributed by atoms with Crippen LogP contribution in [0.1, 0.15) is 46.2 Å². The van der Waals surface area contributed by atoms with Crippen LogP contribution in [-0.4, -0.2) is 43.4 Å². The summed E-state index contributed by atoms with van der Waals surface area (Å²) in [5.41, 5.74) is 1.99. The molecule has 0 radical (unpaired) electrons. The van der Waals surface area contributed by atoms with E-state index in [4.69, 9.17) is 5.26 Å². The molecule has 3 aromatic heterocycles. The van der Waals surface area contributed by atoms with Gasteiger partial charge in [0.25, 0.3) is 5.91 Å². The summed E-state index contributed by atoms with van der Waals surface area (Å²) in [5, 5.41) is 8.87. The summed E-state index contributed by atoms with van der Waals surface area (Å²) in [7, 11) is 0. The van der Waals surface area contributed by atoms with Crippen LogP contribution in [0.3, 0.4) is 0 Å². The van der Waals surface area contributed by atoms with E-state index in [2.05, 4.69) is 19.5 Å². The highest BCUT2D eigenvalue weighted by atomic mass is 16.2. The Balaban J connectivity index is 1.49. The molecule has 0 aliphatic carbocycles. The van der Waals surface area contributed by atoms with Crippen LogP contribution in [0.25, 0.3) is 0 Å². The third-order valence-electron chi connectivity index (χ3n) is 5.05. The Bertz CT molecular complexity index is 990. The van der Waals surface area contributed by atoms with Crippen molar-refractivity contribution in [2.45, 2.75) is 25.3 Å². The maximum absolute atomic E-state index is 12.9. The molecule has 0 aromatic carbocycles. The molecule has 1 aliphatic rings. The Labute approximate surface area is 163 Å². The zero-order valence-electron chi connectivity index (χ0n) is 15.4. The number of carbonyl (C=O) groups is 1. The number of piperidine rings is 1. The van der Waals surface area contributed by atoms with E-state index in [9.17, 15) is 4.79 Å². The van der Waals surface area contributed by atoms with Gasteiger partial charge in [-0.2, -0.15) is 5.26 Å². The molecule has 28 heavy (non-hydrogen) atoms. The van der Waals surface area contributed by atoms with Crippen LogP contribution in [0.4, 0.5) is 0 Å². The molecular weight excluding hydrogens is 352 g/mol. The third kappa shape index (κ3) is 3.76. The Hall–Kier alpha value is -3.53. The lowest BCUT2D eigenvalue weighted by Gasteiger charge is -2.32. The largest absolute Gasteiger partial charge is 0.338 e. The maximum atomic E-state index is 12.9. The first-order chi connectivity index (χ1) is 13.7. The molecule has 0 bridgehead atoms. The van der Waals surface area contributed by atoms with E-state index in [0.29, 0.717) is 17.8 Å². The number of aromatic nitrogens is 4. The average molecular weight is 372 g/mol. The van der Waals surface area contributed by atoms with Gasteiger partial charge in [-0.1, -0.05) is 0 Å². The summed E-state index contributed by atoms with van der Waals surface area (Å²) in [6, 6.07) is 9.22.